The fourth-order valence-corrected chi connectivity index (χ4v) is 1.68. The van der Waals surface area contributed by atoms with Gasteiger partial charge in [-0.15, -0.1) is 0 Å². The molecule has 0 fully saturated rings. The fourth-order valence-electron chi connectivity index (χ4n) is 1.68. The Kier molecular flexibility index (Phi) is 6.35. The largest absolute Gasteiger partial charge is 0.375 e. The lowest BCUT2D eigenvalue weighted by atomic mass is 9.94. The number of rotatable bonds is 7. The van der Waals surface area contributed by atoms with Crippen molar-refractivity contribution in [1.29, 1.82) is 0 Å². The predicted molar refractivity (Wildman–Crippen MR) is 65.3 cm³/mol. The average Bonchev–Trinajstić information content (AvgIpc) is 2.17. The van der Waals surface area contributed by atoms with Crippen LogP contribution >= 0.6 is 0 Å². The topological polar surface area (TPSA) is 3.24 Å². The summed E-state index contributed by atoms with van der Waals surface area (Å²) in [7, 11) is 0. The van der Waals surface area contributed by atoms with Gasteiger partial charge in [-0.05, 0) is 31.9 Å². The van der Waals surface area contributed by atoms with Crippen molar-refractivity contribution in [2.45, 2.75) is 46.6 Å². The van der Waals surface area contributed by atoms with Gasteiger partial charge in [0.25, 0.3) is 0 Å². The third kappa shape index (κ3) is 3.99. The van der Waals surface area contributed by atoms with Crippen molar-refractivity contribution in [3.8, 4) is 0 Å². The summed E-state index contributed by atoms with van der Waals surface area (Å²) >= 11 is 0. The molecule has 0 aliphatic carbocycles. The molecule has 0 bridgehead atoms. The molecule has 0 aromatic heterocycles. The minimum absolute atomic E-state index is 0.560. The maximum atomic E-state index is 4.09. The van der Waals surface area contributed by atoms with E-state index < -0.39 is 0 Å². The Morgan fingerprint density at radius 3 is 2.21 bits per heavy atom. The van der Waals surface area contributed by atoms with Gasteiger partial charge in [0, 0.05) is 12.6 Å². The highest BCUT2D eigenvalue weighted by molar-refractivity contribution is 4.99. The zero-order valence-corrected chi connectivity index (χ0v) is 10.2. The van der Waals surface area contributed by atoms with Crippen molar-refractivity contribution in [1.82, 2.24) is 4.90 Å². The van der Waals surface area contributed by atoms with Gasteiger partial charge in [-0.2, -0.15) is 0 Å². The normalized spacial score (nSPS) is 12.6. The van der Waals surface area contributed by atoms with E-state index in [2.05, 4.69) is 45.8 Å². The molecule has 1 nitrogen and oxygen atoms in total. The molecule has 0 spiro atoms. The maximum absolute atomic E-state index is 4.09. The van der Waals surface area contributed by atoms with Crippen molar-refractivity contribution < 1.29 is 0 Å². The highest BCUT2D eigenvalue weighted by atomic mass is 15.1. The minimum atomic E-state index is 0.560. The molecular formula is C13H25N. The molecule has 0 amide bonds. The van der Waals surface area contributed by atoms with Crippen LogP contribution in [-0.4, -0.2) is 17.5 Å². The van der Waals surface area contributed by atoms with Crippen LogP contribution in [0.5, 0.6) is 0 Å². The Balaban J connectivity index is 4.41. The molecule has 0 N–H and O–H groups in total. The minimum Gasteiger partial charge on any atom is -0.375 e. The quantitative estimate of drug-likeness (QED) is 0.558. The molecule has 0 saturated carbocycles. The smallest absolute Gasteiger partial charge is 0.0343 e. The third-order valence-electron chi connectivity index (χ3n) is 2.79. The second-order valence-corrected chi connectivity index (χ2v) is 4.13. The first kappa shape index (κ1) is 13.3. The van der Waals surface area contributed by atoms with Crippen LogP contribution in [0.2, 0.25) is 0 Å². The van der Waals surface area contributed by atoms with Crippen molar-refractivity contribution in [2.75, 3.05) is 6.54 Å². The van der Waals surface area contributed by atoms with Crippen LogP contribution < -0.4 is 0 Å². The van der Waals surface area contributed by atoms with Gasteiger partial charge in [-0.25, -0.2) is 0 Å². The molecule has 1 atom stereocenters. The summed E-state index contributed by atoms with van der Waals surface area (Å²) in [6.45, 7) is 17.9. The van der Waals surface area contributed by atoms with E-state index in [9.17, 15) is 0 Å². The van der Waals surface area contributed by atoms with Crippen molar-refractivity contribution in [2.24, 2.45) is 5.92 Å². The van der Waals surface area contributed by atoms with Crippen molar-refractivity contribution in [3.63, 3.8) is 0 Å². The highest BCUT2D eigenvalue weighted by Gasteiger charge is 2.18. The van der Waals surface area contributed by atoms with Gasteiger partial charge in [0.2, 0.25) is 0 Å². The van der Waals surface area contributed by atoms with Crippen LogP contribution in [0.15, 0.2) is 24.9 Å². The predicted octanol–water partition coefficient (Wildman–Crippen LogP) is 3.83. The maximum Gasteiger partial charge on any atom is 0.0343 e. The molecule has 1 unspecified atom stereocenters. The first-order valence-corrected chi connectivity index (χ1v) is 5.61. The van der Waals surface area contributed by atoms with E-state index in [1.807, 2.05) is 6.20 Å². The van der Waals surface area contributed by atoms with Gasteiger partial charge in [-0.1, -0.05) is 39.5 Å². The Hall–Kier alpha value is -0.720. The van der Waals surface area contributed by atoms with Gasteiger partial charge in [-0.3, -0.25) is 0 Å². The molecule has 82 valence electrons. The lowest BCUT2D eigenvalue weighted by molar-refractivity contribution is 0.226. The SMILES string of the molecule is C=CN(CC)C(CC(=C)CC)C(C)C. The first-order chi connectivity index (χ1) is 6.56. The lowest BCUT2D eigenvalue weighted by Crippen LogP contribution is -2.35. The summed E-state index contributed by atoms with van der Waals surface area (Å²) in [5.41, 5.74) is 1.34. The molecule has 14 heavy (non-hydrogen) atoms. The van der Waals surface area contributed by atoms with Gasteiger partial charge in [0.05, 0.1) is 0 Å². The molecule has 0 heterocycles. The van der Waals surface area contributed by atoms with E-state index in [1.165, 1.54) is 5.57 Å². The summed E-state index contributed by atoms with van der Waals surface area (Å²) in [5, 5.41) is 0. The van der Waals surface area contributed by atoms with E-state index >= 15 is 0 Å². The van der Waals surface area contributed by atoms with Gasteiger partial charge < -0.3 is 4.90 Å². The lowest BCUT2D eigenvalue weighted by Gasteiger charge is -2.33. The van der Waals surface area contributed by atoms with E-state index in [0.717, 1.165) is 19.4 Å². The monoisotopic (exact) mass is 195 g/mol. The van der Waals surface area contributed by atoms with Crippen molar-refractivity contribution in [3.05, 3.63) is 24.9 Å². The van der Waals surface area contributed by atoms with Crippen LogP contribution in [0.1, 0.15) is 40.5 Å². The molecule has 0 rings (SSSR count). The van der Waals surface area contributed by atoms with Crippen LogP contribution in [-0.2, 0) is 0 Å². The standard InChI is InChI=1S/C13H25N/c1-7-12(6)10-13(11(4)5)14(8-2)9-3/h8,11,13H,2,6-7,9-10H2,1,3-5H3. The van der Waals surface area contributed by atoms with Crippen LogP contribution in [0.25, 0.3) is 0 Å². The Morgan fingerprint density at radius 2 is 1.93 bits per heavy atom. The van der Waals surface area contributed by atoms with Crippen LogP contribution in [0.4, 0.5) is 0 Å². The number of hydrogen-bond acceptors (Lipinski definition) is 1. The second kappa shape index (κ2) is 6.69. The molecule has 0 aromatic rings. The average molecular weight is 195 g/mol. The zero-order chi connectivity index (χ0) is 11.1. The highest BCUT2D eigenvalue weighted by Crippen LogP contribution is 2.19. The van der Waals surface area contributed by atoms with Gasteiger partial charge >= 0.3 is 0 Å². The second-order valence-electron chi connectivity index (χ2n) is 4.13. The van der Waals surface area contributed by atoms with Crippen molar-refractivity contribution >= 4 is 0 Å². The Bertz CT molecular complexity index is 182. The Morgan fingerprint density at radius 1 is 1.36 bits per heavy atom. The number of hydrogen-bond donors (Lipinski definition) is 0. The zero-order valence-electron chi connectivity index (χ0n) is 10.2. The fraction of sp³-hybridized carbons (Fsp3) is 0.692. The van der Waals surface area contributed by atoms with E-state index in [4.69, 9.17) is 0 Å². The molecule has 0 aliphatic rings. The van der Waals surface area contributed by atoms with Crippen LogP contribution in [0.3, 0.4) is 0 Å². The molecule has 0 saturated heterocycles. The molecule has 0 aliphatic heterocycles. The summed E-state index contributed by atoms with van der Waals surface area (Å²) in [6, 6.07) is 0.560. The molecule has 0 aromatic carbocycles. The van der Waals surface area contributed by atoms with Gasteiger partial charge in [0.15, 0.2) is 0 Å². The number of nitrogens with zero attached hydrogens (tertiary/aromatic N) is 1. The van der Waals surface area contributed by atoms with E-state index in [-0.39, 0.29) is 0 Å². The van der Waals surface area contributed by atoms with Gasteiger partial charge in [0.1, 0.15) is 0 Å². The Labute approximate surface area is 89.5 Å². The molecule has 0 radical (unpaired) electrons. The van der Waals surface area contributed by atoms with E-state index in [0.29, 0.717) is 12.0 Å². The summed E-state index contributed by atoms with van der Waals surface area (Å²) in [4.78, 5) is 2.31. The summed E-state index contributed by atoms with van der Waals surface area (Å²) < 4.78 is 0. The summed E-state index contributed by atoms with van der Waals surface area (Å²) in [5.74, 6) is 0.649. The molecule has 1 heteroatoms. The third-order valence-corrected chi connectivity index (χ3v) is 2.79. The van der Waals surface area contributed by atoms with Crippen LogP contribution in [0, 0.1) is 5.92 Å². The van der Waals surface area contributed by atoms with E-state index in [1.54, 1.807) is 0 Å². The summed E-state index contributed by atoms with van der Waals surface area (Å²) in [6.07, 6.45) is 4.12. The first-order valence-electron chi connectivity index (χ1n) is 5.61. The molecular weight excluding hydrogens is 170 g/mol.